The molecule has 21 heavy (non-hydrogen) atoms. The Kier molecular flexibility index (Phi) is 4.21. The van der Waals surface area contributed by atoms with Crippen molar-refractivity contribution in [3.63, 3.8) is 0 Å². The zero-order valence-electron chi connectivity index (χ0n) is 12.7. The lowest BCUT2D eigenvalue weighted by Gasteiger charge is -2.38. The number of piperidine rings is 1. The van der Waals surface area contributed by atoms with Crippen molar-refractivity contribution in [3.05, 3.63) is 29.3 Å². The van der Waals surface area contributed by atoms with Crippen LogP contribution < -0.4 is 5.73 Å². The van der Waals surface area contributed by atoms with E-state index in [9.17, 15) is 13.6 Å². The van der Waals surface area contributed by atoms with E-state index in [1.165, 1.54) is 0 Å². The number of anilines is 1. The summed E-state index contributed by atoms with van der Waals surface area (Å²) in [7, 11) is 0. The van der Waals surface area contributed by atoms with Gasteiger partial charge >= 0.3 is 0 Å². The van der Waals surface area contributed by atoms with Crippen LogP contribution in [0.5, 0.6) is 0 Å². The maximum Gasteiger partial charge on any atom is 0.257 e. The summed E-state index contributed by atoms with van der Waals surface area (Å²) in [6.07, 6.45) is 1.75. The molecule has 116 valence electrons. The maximum absolute atomic E-state index is 13.9. The highest BCUT2D eigenvalue weighted by Gasteiger charge is 2.31. The minimum absolute atomic E-state index is 0.198. The first kappa shape index (κ1) is 15.7. The van der Waals surface area contributed by atoms with E-state index in [2.05, 4.69) is 20.8 Å². The van der Waals surface area contributed by atoms with Crippen molar-refractivity contribution in [1.29, 1.82) is 0 Å². The van der Waals surface area contributed by atoms with Crippen molar-refractivity contribution < 1.29 is 13.6 Å². The summed E-state index contributed by atoms with van der Waals surface area (Å²) in [5.41, 5.74) is 4.97. The van der Waals surface area contributed by atoms with Gasteiger partial charge in [-0.3, -0.25) is 4.79 Å². The molecule has 5 heteroatoms. The lowest BCUT2D eigenvalue weighted by molar-refractivity contribution is 0.0604. The van der Waals surface area contributed by atoms with Crippen LogP contribution >= 0.6 is 0 Å². The SMILES string of the molecule is CC(C)(C)C1CCN(C(=O)c2cc(F)cc(N)c2F)CC1. The van der Waals surface area contributed by atoms with E-state index < -0.39 is 17.5 Å². The molecule has 0 unspecified atom stereocenters. The highest BCUT2D eigenvalue weighted by Crippen LogP contribution is 2.34. The van der Waals surface area contributed by atoms with Crippen LogP contribution in [0.15, 0.2) is 12.1 Å². The molecule has 0 aromatic heterocycles. The largest absolute Gasteiger partial charge is 0.396 e. The van der Waals surface area contributed by atoms with Gasteiger partial charge in [-0.25, -0.2) is 8.78 Å². The number of hydrogen-bond donors (Lipinski definition) is 1. The van der Waals surface area contributed by atoms with Gasteiger partial charge in [0.2, 0.25) is 0 Å². The second-order valence-electron chi connectivity index (χ2n) is 6.79. The first-order chi connectivity index (χ1) is 9.70. The fourth-order valence-electron chi connectivity index (χ4n) is 2.88. The zero-order valence-corrected chi connectivity index (χ0v) is 12.7. The Morgan fingerprint density at radius 1 is 1.24 bits per heavy atom. The number of carbonyl (C=O) groups is 1. The molecule has 0 spiro atoms. The topological polar surface area (TPSA) is 46.3 Å². The van der Waals surface area contributed by atoms with Crippen molar-refractivity contribution in [3.8, 4) is 0 Å². The first-order valence-electron chi connectivity index (χ1n) is 7.24. The van der Waals surface area contributed by atoms with Crippen LogP contribution in [0.4, 0.5) is 14.5 Å². The summed E-state index contributed by atoms with van der Waals surface area (Å²) < 4.78 is 27.3. The number of amides is 1. The molecule has 2 rings (SSSR count). The van der Waals surface area contributed by atoms with Gasteiger partial charge in [-0.15, -0.1) is 0 Å². The zero-order chi connectivity index (χ0) is 15.8. The molecule has 1 aliphatic rings. The number of nitrogens with zero attached hydrogens (tertiary/aromatic N) is 1. The number of rotatable bonds is 1. The summed E-state index contributed by atoms with van der Waals surface area (Å²) in [4.78, 5) is 13.9. The third-order valence-corrected chi connectivity index (χ3v) is 4.30. The van der Waals surface area contributed by atoms with Gasteiger partial charge in [0.25, 0.3) is 5.91 Å². The summed E-state index contributed by atoms with van der Waals surface area (Å²) in [6.45, 7) is 7.68. The summed E-state index contributed by atoms with van der Waals surface area (Å²) in [5, 5.41) is 0. The maximum atomic E-state index is 13.9. The lowest BCUT2D eigenvalue weighted by atomic mass is 9.75. The molecule has 0 bridgehead atoms. The second kappa shape index (κ2) is 5.62. The monoisotopic (exact) mass is 296 g/mol. The van der Waals surface area contributed by atoms with Crippen LogP contribution in [-0.2, 0) is 0 Å². The van der Waals surface area contributed by atoms with E-state index in [4.69, 9.17) is 5.73 Å². The summed E-state index contributed by atoms with van der Waals surface area (Å²) >= 11 is 0. The molecule has 1 aromatic rings. The fourth-order valence-corrected chi connectivity index (χ4v) is 2.88. The van der Waals surface area contributed by atoms with E-state index in [-0.39, 0.29) is 16.7 Å². The number of halogens is 2. The number of nitrogens with two attached hydrogens (primary N) is 1. The Bertz CT molecular complexity index is 544. The standard InChI is InChI=1S/C16H22F2N2O/c1-16(2,3)10-4-6-20(7-5-10)15(21)12-8-11(17)9-13(19)14(12)18/h8-10H,4-7,19H2,1-3H3. The highest BCUT2D eigenvalue weighted by molar-refractivity contribution is 5.95. The third kappa shape index (κ3) is 3.34. The van der Waals surface area contributed by atoms with Gasteiger partial charge < -0.3 is 10.6 Å². The average Bonchev–Trinajstić information content (AvgIpc) is 2.41. The molecule has 3 nitrogen and oxygen atoms in total. The molecule has 2 N–H and O–H groups in total. The van der Waals surface area contributed by atoms with Gasteiger partial charge in [-0.2, -0.15) is 0 Å². The lowest BCUT2D eigenvalue weighted by Crippen LogP contribution is -2.41. The number of likely N-dealkylation sites (tertiary alicyclic amines) is 1. The molecule has 0 radical (unpaired) electrons. The summed E-state index contributed by atoms with van der Waals surface area (Å²) in [6, 6.07) is 1.81. The van der Waals surface area contributed by atoms with Crippen LogP contribution in [0.25, 0.3) is 0 Å². The van der Waals surface area contributed by atoms with Gasteiger partial charge in [0.1, 0.15) is 5.82 Å². The number of hydrogen-bond acceptors (Lipinski definition) is 2. The number of carbonyl (C=O) groups excluding carboxylic acids is 1. The molecular formula is C16H22F2N2O. The van der Waals surface area contributed by atoms with Crippen molar-refractivity contribution in [2.45, 2.75) is 33.6 Å². The van der Waals surface area contributed by atoms with Gasteiger partial charge in [-0.1, -0.05) is 20.8 Å². The van der Waals surface area contributed by atoms with E-state index in [0.29, 0.717) is 19.0 Å². The van der Waals surface area contributed by atoms with Crippen molar-refractivity contribution in [2.75, 3.05) is 18.8 Å². The van der Waals surface area contributed by atoms with Crippen LogP contribution in [0.2, 0.25) is 0 Å². The van der Waals surface area contributed by atoms with Crippen molar-refractivity contribution in [1.82, 2.24) is 4.90 Å². The predicted molar refractivity (Wildman–Crippen MR) is 78.9 cm³/mol. The molecule has 1 saturated heterocycles. The number of nitrogen functional groups attached to an aromatic ring is 1. The molecule has 0 aliphatic carbocycles. The molecule has 0 saturated carbocycles. The summed E-state index contributed by atoms with van der Waals surface area (Å²) in [5.74, 6) is -1.48. The van der Waals surface area contributed by atoms with Crippen LogP contribution in [-0.4, -0.2) is 23.9 Å². The molecular weight excluding hydrogens is 274 g/mol. The van der Waals surface area contributed by atoms with Gasteiger partial charge in [-0.05, 0) is 36.3 Å². The van der Waals surface area contributed by atoms with E-state index in [1.54, 1.807) is 4.90 Å². The van der Waals surface area contributed by atoms with Gasteiger partial charge in [0.15, 0.2) is 5.82 Å². The second-order valence-corrected chi connectivity index (χ2v) is 6.79. The molecule has 1 aromatic carbocycles. The van der Waals surface area contributed by atoms with Gasteiger partial charge in [0.05, 0.1) is 11.3 Å². The van der Waals surface area contributed by atoms with Crippen LogP contribution in [0, 0.1) is 23.0 Å². The van der Waals surface area contributed by atoms with E-state index in [0.717, 1.165) is 25.0 Å². The quantitative estimate of drug-likeness (QED) is 0.807. The van der Waals surface area contributed by atoms with Crippen LogP contribution in [0.3, 0.4) is 0 Å². The van der Waals surface area contributed by atoms with Crippen molar-refractivity contribution >= 4 is 11.6 Å². The Hall–Kier alpha value is -1.65. The molecule has 1 aliphatic heterocycles. The predicted octanol–water partition coefficient (Wildman–Crippen LogP) is 3.45. The van der Waals surface area contributed by atoms with Crippen LogP contribution in [0.1, 0.15) is 44.0 Å². The van der Waals surface area contributed by atoms with E-state index >= 15 is 0 Å². The first-order valence-corrected chi connectivity index (χ1v) is 7.24. The molecule has 1 amide bonds. The Morgan fingerprint density at radius 3 is 2.33 bits per heavy atom. The Balaban J connectivity index is 2.13. The molecule has 0 atom stereocenters. The highest BCUT2D eigenvalue weighted by atomic mass is 19.1. The smallest absolute Gasteiger partial charge is 0.257 e. The Labute approximate surface area is 124 Å². The molecule has 1 fully saturated rings. The number of benzene rings is 1. The molecule has 1 heterocycles. The fraction of sp³-hybridized carbons (Fsp3) is 0.562. The minimum Gasteiger partial charge on any atom is -0.396 e. The Morgan fingerprint density at radius 2 is 1.81 bits per heavy atom. The minimum atomic E-state index is -0.834. The van der Waals surface area contributed by atoms with Gasteiger partial charge in [0, 0.05) is 13.1 Å². The normalized spacial score (nSPS) is 17.1. The van der Waals surface area contributed by atoms with Crippen molar-refractivity contribution in [2.24, 2.45) is 11.3 Å². The average molecular weight is 296 g/mol. The van der Waals surface area contributed by atoms with E-state index in [1.807, 2.05) is 0 Å². The third-order valence-electron chi connectivity index (χ3n) is 4.30.